The lowest BCUT2D eigenvalue weighted by Crippen LogP contribution is -2.56. The lowest BCUT2D eigenvalue weighted by Gasteiger charge is -2.58. The fourth-order valence-corrected chi connectivity index (χ4v) is 5.28. The van der Waals surface area contributed by atoms with E-state index in [2.05, 4.69) is 10.5 Å². The Labute approximate surface area is 95.7 Å². The molecule has 1 N–H and O–H groups in total. The first-order chi connectivity index (χ1) is 7.75. The van der Waals surface area contributed by atoms with E-state index in [-0.39, 0.29) is 17.2 Å². The SMILES string of the molecule is O=C1C=NNC1C12CC3CC(CC(C3)C1)C2. The highest BCUT2D eigenvalue weighted by Crippen LogP contribution is 2.61. The molecular weight excluding hydrogens is 200 g/mol. The molecule has 0 amide bonds. The van der Waals surface area contributed by atoms with Crippen LogP contribution in [-0.2, 0) is 4.79 Å². The van der Waals surface area contributed by atoms with Crippen molar-refractivity contribution in [3.8, 4) is 0 Å². The number of hydrogen-bond donors (Lipinski definition) is 1. The zero-order valence-corrected chi connectivity index (χ0v) is 9.48. The molecule has 4 bridgehead atoms. The summed E-state index contributed by atoms with van der Waals surface area (Å²) in [6.07, 6.45) is 9.59. The highest BCUT2D eigenvalue weighted by Gasteiger charge is 2.56. The van der Waals surface area contributed by atoms with Gasteiger partial charge in [-0.05, 0) is 56.3 Å². The van der Waals surface area contributed by atoms with E-state index >= 15 is 0 Å². The van der Waals surface area contributed by atoms with Crippen LogP contribution in [0.1, 0.15) is 38.5 Å². The van der Waals surface area contributed by atoms with E-state index in [1.54, 1.807) is 0 Å². The van der Waals surface area contributed by atoms with Gasteiger partial charge in [0.05, 0.1) is 6.21 Å². The molecule has 0 saturated heterocycles. The van der Waals surface area contributed by atoms with E-state index in [1.807, 2.05) is 0 Å². The Morgan fingerprint density at radius 1 is 1.12 bits per heavy atom. The molecule has 4 fully saturated rings. The molecule has 1 aliphatic heterocycles. The second-order valence-electron chi connectivity index (χ2n) is 6.50. The molecule has 0 aromatic rings. The van der Waals surface area contributed by atoms with E-state index in [0.717, 1.165) is 17.8 Å². The zero-order chi connectivity index (χ0) is 10.8. The van der Waals surface area contributed by atoms with Gasteiger partial charge in [-0.3, -0.25) is 10.2 Å². The molecule has 0 radical (unpaired) electrons. The van der Waals surface area contributed by atoms with Gasteiger partial charge in [-0.15, -0.1) is 0 Å². The van der Waals surface area contributed by atoms with Gasteiger partial charge in [0.2, 0.25) is 0 Å². The molecule has 86 valence electrons. The number of nitrogens with one attached hydrogen (secondary N) is 1. The lowest BCUT2D eigenvalue weighted by molar-refractivity contribution is -0.125. The lowest BCUT2D eigenvalue weighted by atomic mass is 9.47. The van der Waals surface area contributed by atoms with Crippen LogP contribution in [0.4, 0.5) is 0 Å². The number of carbonyl (C=O) groups excluding carboxylic acids is 1. The Hall–Kier alpha value is -0.860. The number of hydrogen-bond acceptors (Lipinski definition) is 3. The largest absolute Gasteiger partial charge is 0.298 e. The summed E-state index contributed by atoms with van der Waals surface area (Å²) >= 11 is 0. The van der Waals surface area contributed by atoms with Crippen LogP contribution in [0.15, 0.2) is 5.10 Å². The minimum atomic E-state index is 0.0147. The fraction of sp³-hybridized carbons (Fsp3) is 0.846. The maximum Gasteiger partial charge on any atom is 0.199 e. The molecule has 4 aliphatic carbocycles. The third kappa shape index (κ3) is 1.09. The van der Waals surface area contributed by atoms with Crippen LogP contribution in [0.3, 0.4) is 0 Å². The summed E-state index contributed by atoms with van der Waals surface area (Å²) in [5, 5.41) is 3.98. The van der Waals surface area contributed by atoms with Crippen molar-refractivity contribution in [2.45, 2.75) is 44.6 Å². The summed E-state index contributed by atoms with van der Waals surface area (Å²) in [7, 11) is 0. The van der Waals surface area contributed by atoms with Crippen molar-refractivity contribution in [2.24, 2.45) is 28.3 Å². The van der Waals surface area contributed by atoms with Crippen LogP contribution in [0.2, 0.25) is 0 Å². The second-order valence-corrected chi connectivity index (χ2v) is 6.50. The molecule has 0 spiro atoms. The minimum absolute atomic E-state index is 0.0147. The molecular formula is C13H18N2O. The monoisotopic (exact) mass is 218 g/mol. The molecule has 0 aromatic carbocycles. The molecule has 5 aliphatic rings. The van der Waals surface area contributed by atoms with Crippen molar-refractivity contribution in [1.82, 2.24) is 5.43 Å². The van der Waals surface area contributed by atoms with Gasteiger partial charge in [0.1, 0.15) is 6.04 Å². The van der Waals surface area contributed by atoms with Crippen molar-refractivity contribution in [1.29, 1.82) is 0 Å². The first-order valence-electron chi connectivity index (χ1n) is 6.58. The van der Waals surface area contributed by atoms with Crippen molar-refractivity contribution in [2.75, 3.05) is 0 Å². The predicted molar refractivity (Wildman–Crippen MR) is 61.0 cm³/mol. The smallest absolute Gasteiger partial charge is 0.199 e. The van der Waals surface area contributed by atoms with E-state index in [1.165, 1.54) is 44.7 Å². The Morgan fingerprint density at radius 2 is 1.69 bits per heavy atom. The molecule has 16 heavy (non-hydrogen) atoms. The maximum absolute atomic E-state index is 11.9. The summed E-state index contributed by atoms with van der Waals surface area (Å²) in [4.78, 5) is 11.9. The quantitative estimate of drug-likeness (QED) is 0.728. The normalized spacial score (nSPS) is 53.4. The highest BCUT2D eigenvalue weighted by atomic mass is 16.1. The first-order valence-corrected chi connectivity index (χ1v) is 6.58. The highest BCUT2D eigenvalue weighted by molar-refractivity contribution is 6.31. The molecule has 1 heterocycles. The van der Waals surface area contributed by atoms with Gasteiger partial charge in [0.15, 0.2) is 5.78 Å². The molecule has 1 atom stereocenters. The van der Waals surface area contributed by atoms with Gasteiger partial charge in [-0.1, -0.05) is 0 Å². The van der Waals surface area contributed by atoms with Gasteiger partial charge in [0.25, 0.3) is 0 Å². The number of hydrazone groups is 1. The van der Waals surface area contributed by atoms with E-state index in [9.17, 15) is 4.79 Å². The Morgan fingerprint density at radius 3 is 2.12 bits per heavy atom. The maximum atomic E-state index is 11.9. The Balaban J connectivity index is 1.69. The number of Topliss-reactive ketones (excluding diaryl/α,β-unsaturated/α-hetero) is 1. The first kappa shape index (κ1) is 9.20. The summed E-state index contributed by atoms with van der Waals surface area (Å²) in [5.41, 5.74) is 3.35. The predicted octanol–water partition coefficient (Wildman–Crippen LogP) is 1.73. The van der Waals surface area contributed by atoms with Crippen LogP contribution in [0.25, 0.3) is 0 Å². The summed E-state index contributed by atoms with van der Waals surface area (Å²) in [6, 6.07) is 0.0147. The summed E-state index contributed by atoms with van der Waals surface area (Å²) in [6.45, 7) is 0. The van der Waals surface area contributed by atoms with Gasteiger partial charge in [-0.2, -0.15) is 5.10 Å². The fourth-order valence-electron chi connectivity index (χ4n) is 5.28. The molecule has 1 unspecified atom stereocenters. The molecule has 3 nitrogen and oxygen atoms in total. The average Bonchev–Trinajstić information content (AvgIpc) is 2.62. The summed E-state index contributed by atoms with van der Waals surface area (Å²) < 4.78 is 0. The van der Waals surface area contributed by atoms with Gasteiger partial charge >= 0.3 is 0 Å². The molecule has 0 aromatic heterocycles. The number of nitrogens with zero attached hydrogens (tertiary/aromatic N) is 1. The number of ketones is 1. The van der Waals surface area contributed by atoms with E-state index in [0.29, 0.717) is 0 Å². The average molecular weight is 218 g/mol. The van der Waals surface area contributed by atoms with Crippen molar-refractivity contribution >= 4 is 12.0 Å². The summed E-state index contributed by atoms with van der Waals surface area (Å²) in [5.74, 6) is 2.94. The van der Waals surface area contributed by atoms with Crippen LogP contribution >= 0.6 is 0 Å². The van der Waals surface area contributed by atoms with Crippen LogP contribution < -0.4 is 5.43 Å². The minimum Gasteiger partial charge on any atom is -0.298 e. The van der Waals surface area contributed by atoms with Crippen LogP contribution in [-0.4, -0.2) is 18.0 Å². The van der Waals surface area contributed by atoms with Crippen LogP contribution in [0.5, 0.6) is 0 Å². The van der Waals surface area contributed by atoms with Gasteiger partial charge < -0.3 is 0 Å². The standard InChI is InChI=1S/C13H18N2O/c16-11-7-14-15-12(11)13-4-8-1-9(5-13)3-10(2-8)6-13/h7-10,12,15H,1-6H2. The van der Waals surface area contributed by atoms with E-state index in [4.69, 9.17) is 0 Å². The number of carbonyl (C=O) groups is 1. The van der Waals surface area contributed by atoms with E-state index < -0.39 is 0 Å². The van der Waals surface area contributed by atoms with Gasteiger partial charge in [0, 0.05) is 5.41 Å². The third-order valence-corrected chi connectivity index (χ3v) is 5.38. The Kier molecular flexibility index (Phi) is 1.65. The van der Waals surface area contributed by atoms with Gasteiger partial charge in [-0.25, -0.2) is 0 Å². The van der Waals surface area contributed by atoms with Crippen LogP contribution in [0, 0.1) is 23.2 Å². The molecule has 3 heteroatoms. The van der Waals surface area contributed by atoms with Crippen molar-refractivity contribution in [3.63, 3.8) is 0 Å². The molecule has 4 saturated carbocycles. The van der Waals surface area contributed by atoms with Crippen molar-refractivity contribution in [3.05, 3.63) is 0 Å². The number of rotatable bonds is 1. The topological polar surface area (TPSA) is 41.5 Å². The Bertz CT molecular complexity index is 339. The van der Waals surface area contributed by atoms with Crippen molar-refractivity contribution < 1.29 is 4.79 Å². The zero-order valence-electron chi connectivity index (χ0n) is 9.48. The molecule has 5 rings (SSSR count). The second kappa shape index (κ2) is 2.88. The third-order valence-electron chi connectivity index (χ3n) is 5.38.